The zero-order valence-electron chi connectivity index (χ0n) is 8.49. The predicted octanol–water partition coefficient (Wildman–Crippen LogP) is 1.44. The van der Waals surface area contributed by atoms with Crippen molar-refractivity contribution >= 4 is 5.97 Å². The molecule has 0 aromatic rings. The topological polar surface area (TPSA) is 40.5 Å². The van der Waals surface area contributed by atoms with Gasteiger partial charge in [-0.3, -0.25) is 4.79 Å². The molecule has 0 spiro atoms. The molecule has 76 valence electrons. The quantitative estimate of drug-likeness (QED) is 0.723. The summed E-state index contributed by atoms with van der Waals surface area (Å²) in [4.78, 5) is 12.6. The van der Waals surface area contributed by atoms with Crippen LogP contribution in [0.1, 0.15) is 26.7 Å². The minimum Gasteiger partial charge on any atom is -0.481 e. The van der Waals surface area contributed by atoms with E-state index >= 15 is 0 Å². The first kappa shape index (κ1) is 10.5. The zero-order chi connectivity index (χ0) is 9.84. The Hall–Kier alpha value is -0.570. The molecule has 1 rings (SSSR count). The van der Waals surface area contributed by atoms with Crippen molar-refractivity contribution in [3.8, 4) is 0 Å². The van der Waals surface area contributed by atoms with E-state index in [4.69, 9.17) is 5.11 Å². The second-order valence-electron chi connectivity index (χ2n) is 4.19. The standard InChI is InChI=1S/C10H19NO2/c1-8-3-5-11(7-9(8)2)6-4-10(12)13/h8-9H,3-7H2,1-2H3,(H,12,13). The van der Waals surface area contributed by atoms with E-state index in [-0.39, 0.29) is 6.42 Å². The van der Waals surface area contributed by atoms with Crippen LogP contribution in [0, 0.1) is 11.8 Å². The molecule has 0 aliphatic carbocycles. The monoisotopic (exact) mass is 185 g/mol. The highest BCUT2D eigenvalue weighted by molar-refractivity contribution is 5.66. The average molecular weight is 185 g/mol. The van der Waals surface area contributed by atoms with Crippen molar-refractivity contribution in [3.63, 3.8) is 0 Å². The van der Waals surface area contributed by atoms with Crippen LogP contribution in [0.25, 0.3) is 0 Å². The maximum atomic E-state index is 10.4. The van der Waals surface area contributed by atoms with Crippen molar-refractivity contribution in [3.05, 3.63) is 0 Å². The third-order valence-corrected chi connectivity index (χ3v) is 3.06. The lowest BCUT2D eigenvalue weighted by atomic mass is 9.89. The van der Waals surface area contributed by atoms with Crippen LogP contribution in [-0.2, 0) is 4.79 Å². The van der Waals surface area contributed by atoms with Crippen molar-refractivity contribution in [1.29, 1.82) is 0 Å². The molecule has 3 heteroatoms. The van der Waals surface area contributed by atoms with E-state index in [2.05, 4.69) is 18.7 Å². The van der Waals surface area contributed by atoms with Gasteiger partial charge in [-0.2, -0.15) is 0 Å². The number of carbonyl (C=O) groups is 1. The van der Waals surface area contributed by atoms with Crippen LogP contribution in [0.5, 0.6) is 0 Å². The molecule has 0 radical (unpaired) electrons. The molecule has 2 atom stereocenters. The average Bonchev–Trinajstić information content (AvgIpc) is 2.07. The van der Waals surface area contributed by atoms with E-state index in [0.29, 0.717) is 12.5 Å². The van der Waals surface area contributed by atoms with Gasteiger partial charge in [0.05, 0.1) is 6.42 Å². The molecule has 1 heterocycles. The van der Waals surface area contributed by atoms with Crippen LogP contribution in [0.15, 0.2) is 0 Å². The number of likely N-dealkylation sites (tertiary alicyclic amines) is 1. The summed E-state index contributed by atoms with van der Waals surface area (Å²) in [6, 6.07) is 0. The van der Waals surface area contributed by atoms with E-state index in [1.54, 1.807) is 0 Å². The van der Waals surface area contributed by atoms with E-state index in [9.17, 15) is 4.79 Å². The molecule has 1 N–H and O–H groups in total. The molecule has 3 nitrogen and oxygen atoms in total. The van der Waals surface area contributed by atoms with Crippen LogP contribution in [0.4, 0.5) is 0 Å². The van der Waals surface area contributed by atoms with E-state index in [1.165, 1.54) is 6.42 Å². The van der Waals surface area contributed by atoms with Gasteiger partial charge in [0.15, 0.2) is 0 Å². The number of rotatable bonds is 3. The van der Waals surface area contributed by atoms with Gasteiger partial charge in [0.25, 0.3) is 0 Å². The zero-order valence-corrected chi connectivity index (χ0v) is 8.49. The van der Waals surface area contributed by atoms with Gasteiger partial charge in [-0.05, 0) is 24.8 Å². The number of nitrogens with zero attached hydrogens (tertiary/aromatic N) is 1. The second kappa shape index (κ2) is 4.61. The first-order valence-corrected chi connectivity index (χ1v) is 5.03. The summed E-state index contributed by atoms with van der Waals surface area (Å²) in [5, 5.41) is 8.54. The molecule has 1 aliphatic rings. The SMILES string of the molecule is CC1CCN(CCC(=O)O)CC1C. The fraction of sp³-hybridized carbons (Fsp3) is 0.900. The smallest absolute Gasteiger partial charge is 0.304 e. The fourth-order valence-corrected chi connectivity index (χ4v) is 1.81. The maximum Gasteiger partial charge on any atom is 0.304 e. The number of carboxylic acid groups (broad SMARTS) is 1. The summed E-state index contributed by atoms with van der Waals surface area (Å²) in [6.45, 7) is 7.37. The largest absolute Gasteiger partial charge is 0.481 e. The Morgan fingerprint density at radius 2 is 2.15 bits per heavy atom. The number of piperidine rings is 1. The van der Waals surface area contributed by atoms with Gasteiger partial charge in [0, 0.05) is 13.1 Å². The maximum absolute atomic E-state index is 10.4. The third kappa shape index (κ3) is 3.35. The van der Waals surface area contributed by atoms with Crippen LogP contribution in [0.3, 0.4) is 0 Å². The molecular weight excluding hydrogens is 166 g/mol. The Balaban J connectivity index is 2.25. The molecule has 1 aliphatic heterocycles. The minimum absolute atomic E-state index is 0.279. The number of hydrogen-bond acceptors (Lipinski definition) is 2. The van der Waals surface area contributed by atoms with Gasteiger partial charge in [0.1, 0.15) is 0 Å². The van der Waals surface area contributed by atoms with Crippen LogP contribution in [-0.4, -0.2) is 35.6 Å². The second-order valence-corrected chi connectivity index (χ2v) is 4.19. The molecule has 0 saturated carbocycles. The van der Waals surface area contributed by atoms with E-state index in [1.807, 2.05) is 0 Å². The lowest BCUT2D eigenvalue weighted by Gasteiger charge is -2.34. The van der Waals surface area contributed by atoms with Crippen molar-refractivity contribution in [2.45, 2.75) is 26.7 Å². The summed E-state index contributed by atoms with van der Waals surface area (Å²) < 4.78 is 0. The summed E-state index contributed by atoms with van der Waals surface area (Å²) in [5.41, 5.74) is 0. The molecule has 0 amide bonds. The van der Waals surface area contributed by atoms with Gasteiger partial charge < -0.3 is 10.0 Å². The molecule has 0 aromatic heterocycles. The number of aliphatic carboxylic acids is 1. The Bertz CT molecular complexity index is 182. The summed E-state index contributed by atoms with van der Waals surface area (Å²) in [5.74, 6) is 0.815. The van der Waals surface area contributed by atoms with Crippen molar-refractivity contribution in [2.24, 2.45) is 11.8 Å². The van der Waals surface area contributed by atoms with Gasteiger partial charge in [-0.15, -0.1) is 0 Å². The Morgan fingerprint density at radius 1 is 1.46 bits per heavy atom. The molecule has 0 bridgehead atoms. The lowest BCUT2D eigenvalue weighted by molar-refractivity contribution is -0.137. The van der Waals surface area contributed by atoms with Crippen molar-refractivity contribution < 1.29 is 9.90 Å². The molecule has 13 heavy (non-hydrogen) atoms. The molecular formula is C10H19NO2. The summed E-state index contributed by atoms with van der Waals surface area (Å²) in [7, 11) is 0. The molecule has 2 unspecified atom stereocenters. The van der Waals surface area contributed by atoms with Crippen LogP contribution in [0.2, 0.25) is 0 Å². The first-order chi connectivity index (χ1) is 6.09. The predicted molar refractivity (Wildman–Crippen MR) is 51.6 cm³/mol. The Morgan fingerprint density at radius 3 is 2.69 bits per heavy atom. The highest BCUT2D eigenvalue weighted by Crippen LogP contribution is 2.22. The van der Waals surface area contributed by atoms with Crippen molar-refractivity contribution in [1.82, 2.24) is 4.90 Å². The lowest BCUT2D eigenvalue weighted by Crippen LogP contribution is -2.39. The van der Waals surface area contributed by atoms with E-state index in [0.717, 1.165) is 19.0 Å². The van der Waals surface area contributed by atoms with Crippen LogP contribution < -0.4 is 0 Å². The highest BCUT2D eigenvalue weighted by Gasteiger charge is 2.22. The first-order valence-electron chi connectivity index (χ1n) is 5.03. The van der Waals surface area contributed by atoms with Crippen LogP contribution >= 0.6 is 0 Å². The number of carboxylic acids is 1. The molecule has 1 fully saturated rings. The third-order valence-electron chi connectivity index (χ3n) is 3.06. The Kier molecular flexibility index (Phi) is 3.72. The fourth-order valence-electron chi connectivity index (χ4n) is 1.81. The molecule has 1 saturated heterocycles. The summed E-state index contributed by atoms with van der Waals surface area (Å²) in [6.07, 6.45) is 1.49. The minimum atomic E-state index is -0.689. The van der Waals surface area contributed by atoms with Crippen molar-refractivity contribution in [2.75, 3.05) is 19.6 Å². The van der Waals surface area contributed by atoms with Gasteiger partial charge >= 0.3 is 5.97 Å². The van der Waals surface area contributed by atoms with Gasteiger partial charge in [-0.1, -0.05) is 13.8 Å². The normalized spacial score (nSPS) is 30.3. The Labute approximate surface area is 79.7 Å². The van der Waals surface area contributed by atoms with Gasteiger partial charge in [0.2, 0.25) is 0 Å². The number of hydrogen-bond donors (Lipinski definition) is 1. The highest BCUT2D eigenvalue weighted by atomic mass is 16.4. The van der Waals surface area contributed by atoms with E-state index < -0.39 is 5.97 Å². The molecule has 0 aromatic carbocycles. The summed E-state index contributed by atoms with van der Waals surface area (Å²) >= 11 is 0. The van der Waals surface area contributed by atoms with Gasteiger partial charge in [-0.25, -0.2) is 0 Å².